The number of rotatable bonds is 4. The van der Waals surface area contributed by atoms with Gasteiger partial charge in [0.1, 0.15) is 12.2 Å². The number of nitrogens with one attached hydrogen (secondary N) is 2. The molecule has 0 radical (unpaired) electrons. The molecular weight excluding hydrogens is 261 g/mol. The molecule has 2 N–H and O–H groups in total. The zero-order chi connectivity index (χ0) is 13.8. The van der Waals surface area contributed by atoms with E-state index in [0.29, 0.717) is 0 Å². The van der Waals surface area contributed by atoms with Crippen LogP contribution in [0, 0.1) is 17.1 Å². The Hall–Kier alpha value is -2.14. The molecule has 1 rings (SSSR count). The molecule has 0 aliphatic rings. The van der Waals surface area contributed by atoms with Crippen molar-refractivity contribution < 1.29 is 17.6 Å². The number of benzene rings is 1. The molecule has 0 spiro atoms. The Morgan fingerprint density at radius 2 is 2.11 bits per heavy atom. The number of halogens is 1. The molecule has 0 aliphatic carbocycles. The Bertz CT molecular complexity index is 607. The van der Waals surface area contributed by atoms with Crippen molar-refractivity contribution in [3.05, 3.63) is 24.0 Å². The summed E-state index contributed by atoms with van der Waals surface area (Å²) in [5.74, 6) is -1.29. The standard InChI is InChI=1S/C10H10FN3O3S/c1-18(16,17)14-8-3-2-7(11)6-9(8)13-10(15)4-5-12/h2-3,6,14H,4H2,1H3,(H,13,15). The van der Waals surface area contributed by atoms with E-state index >= 15 is 0 Å². The number of sulfonamides is 1. The van der Waals surface area contributed by atoms with Crippen LogP contribution in [0.3, 0.4) is 0 Å². The van der Waals surface area contributed by atoms with Crippen LogP contribution in [0.25, 0.3) is 0 Å². The van der Waals surface area contributed by atoms with Gasteiger partial charge < -0.3 is 5.32 Å². The molecule has 1 aromatic carbocycles. The number of hydrogen-bond donors (Lipinski definition) is 2. The molecule has 1 aromatic rings. The van der Waals surface area contributed by atoms with E-state index in [1.807, 2.05) is 0 Å². The number of carbonyl (C=O) groups is 1. The second-order valence-electron chi connectivity index (χ2n) is 3.45. The van der Waals surface area contributed by atoms with Gasteiger partial charge in [-0.2, -0.15) is 5.26 Å². The van der Waals surface area contributed by atoms with Crippen molar-refractivity contribution >= 4 is 27.3 Å². The highest BCUT2D eigenvalue weighted by molar-refractivity contribution is 7.92. The van der Waals surface area contributed by atoms with Gasteiger partial charge in [-0.3, -0.25) is 9.52 Å². The Morgan fingerprint density at radius 3 is 2.67 bits per heavy atom. The predicted molar refractivity (Wildman–Crippen MR) is 63.7 cm³/mol. The Morgan fingerprint density at radius 1 is 1.44 bits per heavy atom. The molecule has 8 heteroatoms. The van der Waals surface area contributed by atoms with E-state index in [-0.39, 0.29) is 11.4 Å². The van der Waals surface area contributed by atoms with Crippen molar-refractivity contribution in [3.8, 4) is 6.07 Å². The van der Waals surface area contributed by atoms with Crippen LogP contribution in [0.1, 0.15) is 6.42 Å². The maximum atomic E-state index is 13.0. The van der Waals surface area contributed by atoms with Crippen molar-refractivity contribution in [3.63, 3.8) is 0 Å². The Kier molecular flexibility index (Phi) is 4.23. The summed E-state index contributed by atoms with van der Waals surface area (Å²) in [5, 5.41) is 10.6. The van der Waals surface area contributed by atoms with E-state index in [4.69, 9.17) is 5.26 Å². The molecule has 0 bridgehead atoms. The van der Waals surface area contributed by atoms with Crippen molar-refractivity contribution in [2.24, 2.45) is 0 Å². The second-order valence-corrected chi connectivity index (χ2v) is 5.20. The fraction of sp³-hybridized carbons (Fsp3) is 0.200. The number of carbonyl (C=O) groups excluding carboxylic acids is 1. The van der Waals surface area contributed by atoms with Gasteiger partial charge in [-0.15, -0.1) is 0 Å². The normalized spacial score (nSPS) is 10.5. The van der Waals surface area contributed by atoms with Gasteiger partial charge in [0.2, 0.25) is 15.9 Å². The first-order valence-corrected chi connectivity index (χ1v) is 6.65. The smallest absolute Gasteiger partial charge is 0.238 e. The Balaban J connectivity index is 3.05. The van der Waals surface area contributed by atoms with Crippen molar-refractivity contribution in [2.75, 3.05) is 16.3 Å². The number of amides is 1. The van der Waals surface area contributed by atoms with Gasteiger partial charge in [-0.25, -0.2) is 12.8 Å². The van der Waals surface area contributed by atoms with Crippen molar-refractivity contribution in [1.82, 2.24) is 0 Å². The third kappa shape index (κ3) is 4.39. The Labute approximate surface area is 103 Å². The summed E-state index contributed by atoms with van der Waals surface area (Å²) in [6, 6.07) is 4.81. The molecule has 0 atom stereocenters. The van der Waals surface area contributed by atoms with E-state index in [1.54, 1.807) is 6.07 Å². The second kappa shape index (κ2) is 5.46. The van der Waals surface area contributed by atoms with E-state index in [0.717, 1.165) is 18.4 Å². The van der Waals surface area contributed by atoms with Gasteiger partial charge in [0, 0.05) is 0 Å². The van der Waals surface area contributed by atoms with Crippen LogP contribution in [0.2, 0.25) is 0 Å². The van der Waals surface area contributed by atoms with Gasteiger partial charge in [-0.05, 0) is 18.2 Å². The molecule has 6 nitrogen and oxygen atoms in total. The average Bonchev–Trinajstić information content (AvgIpc) is 2.20. The van der Waals surface area contributed by atoms with Crippen LogP contribution >= 0.6 is 0 Å². The predicted octanol–water partition coefficient (Wildman–Crippen LogP) is 1.05. The first kappa shape index (κ1) is 13.9. The maximum Gasteiger partial charge on any atom is 0.238 e. The number of nitrogens with zero attached hydrogens (tertiary/aromatic N) is 1. The first-order valence-electron chi connectivity index (χ1n) is 4.76. The van der Waals surface area contributed by atoms with Gasteiger partial charge in [0.15, 0.2) is 0 Å². The summed E-state index contributed by atoms with van der Waals surface area (Å²) in [6.45, 7) is 0. The molecule has 0 unspecified atom stereocenters. The lowest BCUT2D eigenvalue weighted by molar-refractivity contribution is -0.115. The van der Waals surface area contributed by atoms with Gasteiger partial charge >= 0.3 is 0 Å². The molecule has 0 fully saturated rings. The lowest BCUT2D eigenvalue weighted by Crippen LogP contribution is -2.15. The fourth-order valence-corrected chi connectivity index (χ4v) is 1.75. The molecule has 0 heterocycles. The summed E-state index contributed by atoms with van der Waals surface area (Å²) in [4.78, 5) is 11.2. The minimum Gasteiger partial charge on any atom is -0.323 e. The molecule has 1 amide bonds. The monoisotopic (exact) mass is 271 g/mol. The highest BCUT2D eigenvalue weighted by Gasteiger charge is 2.11. The summed E-state index contributed by atoms with van der Waals surface area (Å²) in [7, 11) is -3.55. The summed E-state index contributed by atoms with van der Waals surface area (Å²) in [5.41, 5.74) is -0.00846. The van der Waals surface area contributed by atoms with E-state index in [1.165, 1.54) is 6.07 Å². The van der Waals surface area contributed by atoms with Crippen molar-refractivity contribution in [2.45, 2.75) is 6.42 Å². The van der Waals surface area contributed by atoms with Crippen LogP contribution in [0.15, 0.2) is 18.2 Å². The average molecular weight is 271 g/mol. The fourth-order valence-electron chi connectivity index (χ4n) is 1.17. The minimum absolute atomic E-state index is 0.0326. The first-order chi connectivity index (χ1) is 8.31. The van der Waals surface area contributed by atoms with Crippen LogP contribution in [-0.2, 0) is 14.8 Å². The highest BCUT2D eigenvalue weighted by Crippen LogP contribution is 2.23. The topological polar surface area (TPSA) is 99.1 Å². The molecule has 18 heavy (non-hydrogen) atoms. The van der Waals surface area contributed by atoms with Crippen LogP contribution < -0.4 is 10.0 Å². The van der Waals surface area contributed by atoms with E-state index < -0.39 is 28.2 Å². The third-order valence-corrected chi connectivity index (χ3v) is 2.38. The molecule has 0 aliphatic heterocycles. The molecule has 0 aromatic heterocycles. The highest BCUT2D eigenvalue weighted by atomic mass is 32.2. The van der Waals surface area contributed by atoms with E-state index in [2.05, 4.69) is 10.0 Å². The van der Waals surface area contributed by atoms with Crippen LogP contribution in [0.5, 0.6) is 0 Å². The lowest BCUT2D eigenvalue weighted by atomic mass is 10.2. The van der Waals surface area contributed by atoms with Crippen LogP contribution in [0.4, 0.5) is 15.8 Å². The zero-order valence-electron chi connectivity index (χ0n) is 9.40. The van der Waals surface area contributed by atoms with Gasteiger partial charge in [-0.1, -0.05) is 0 Å². The molecule has 0 saturated heterocycles. The number of nitriles is 1. The minimum atomic E-state index is -3.55. The summed E-state index contributed by atoms with van der Waals surface area (Å²) >= 11 is 0. The summed E-state index contributed by atoms with van der Waals surface area (Å²) in [6.07, 6.45) is 0.520. The van der Waals surface area contributed by atoms with Crippen molar-refractivity contribution in [1.29, 1.82) is 5.26 Å². The molecule has 0 saturated carbocycles. The third-order valence-electron chi connectivity index (χ3n) is 1.79. The molecular formula is C10H10FN3O3S. The lowest BCUT2D eigenvalue weighted by Gasteiger charge is -2.11. The summed E-state index contributed by atoms with van der Waals surface area (Å²) < 4.78 is 37.3. The van der Waals surface area contributed by atoms with Gasteiger partial charge in [0.25, 0.3) is 0 Å². The van der Waals surface area contributed by atoms with Gasteiger partial charge in [0.05, 0.1) is 23.7 Å². The number of hydrogen-bond acceptors (Lipinski definition) is 4. The zero-order valence-corrected chi connectivity index (χ0v) is 10.2. The van der Waals surface area contributed by atoms with Crippen LogP contribution in [-0.4, -0.2) is 20.6 Å². The maximum absolute atomic E-state index is 13.0. The SMILES string of the molecule is CS(=O)(=O)Nc1ccc(F)cc1NC(=O)CC#N. The van der Waals surface area contributed by atoms with E-state index in [9.17, 15) is 17.6 Å². The largest absolute Gasteiger partial charge is 0.323 e. The quantitative estimate of drug-likeness (QED) is 0.854. The molecule has 96 valence electrons. The number of anilines is 2.